The van der Waals surface area contributed by atoms with E-state index in [2.05, 4.69) is 5.32 Å². The van der Waals surface area contributed by atoms with Gasteiger partial charge in [-0.3, -0.25) is 13.9 Å². The molecule has 0 radical (unpaired) electrons. The molecule has 0 bridgehead atoms. The van der Waals surface area contributed by atoms with Crippen LogP contribution in [0.1, 0.15) is 25.0 Å². The highest BCUT2D eigenvalue weighted by Crippen LogP contribution is 2.34. The minimum Gasteiger partial charge on any atom is -0.497 e. The van der Waals surface area contributed by atoms with Crippen LogP contribution in [0.2, 0.25) is 0 Å². The highest BCUT2D eigenvalue weighted by Gasteiger charge is 2.34. The molecule has 0 aliphatic carbocycles. The van der Waals surface area contributed by atoms with Crippen LogP contribution in [-0.4, -0.2) is 64.2 Å². The predicted octanol–water partition coefficient (Wildman–Crippen LogP) is 3.77. The smallest absolute Gasteiger partial charge is 0.244 e. The van der Waals surface area contributed by atoms with E-state index in [9.17, 15) is 22.4 Å². The fourth-order valence-electron chi connectivity index (χ4n) is 4.33. The number of carbonyl (C=O) groups excluding carboxylic acids is 2. The Kier molecular flexibility index (Phi) is 10.7. The Morgan fingerprint density at radius 2 is 1.61 bits per heavy atom. The number of ether oxygens (including phenoxy) is 2. The van der Waals surface area contributed by atoms with Crippen molar-refractivity contribution in [1.29, 1.82) is 0 Å². The summed E-state index contributed by atoms with van der Waals surface area (Å²) in [4.78, 5) is 28.9. The molecule has 0 spiro atoms. The van der Waals surface area contributed by atoms with E-state index in [0.717, 1.165) is 16.1 Å². The number of hydrogen-bond donors (Lipinski definition) is 1. The molecule has 1 N–H and O–H groups in total. The van der Waals surface area contributed by atoms with Gasteiger partial charge >= 0.3 is 0 Å². The third kappa shape index (κ3) is 8.43. The summed E-state index contributed by atoms with van der Waals surface area (Å²) in [5.41, 5.74) is 1.04. The summed E-state index contributed by atoms with van der Waals surface area (Å²) in [7, 11) is -1.22. The number of nitrogens with zero attached hydrogens (tertiary/aromatic N) is 2. The summed E-state index contributed by atoms with van der Waals surface area (Å²) in [6, 6.07) is 18.3. The van der Waals surface area contributed by atoms with Crippen LogP contribution in [0, 0.1) is 5.82 Å². The van der Waals surface area contributed by atoms with Crippen LogP contribution in [0.5, 0.6) is 11.5 Å². The van der Waals surface area contributed by atoms with E-state index in [0.29, 0.717) is 5.75 Å². The lowest BCUT2D eigenvalue weighted by Gasteiger charge is -2.34. The van der Waals surface area contributed by atoms with Crippen molar-refractivity contribution in [2.45, 2.75) is 38.9 Å². The summed E-state index contributed by atoms with van der Waals surface area (Å²) in [6.45, 7) is 2.65. The van der Waals surface area contributed by atoms with Crippen LogP contribution in [0.3, 0.4) is 0 Å². The highest BCUT2D eigenvalue weighted by atomic mass is 32.2. The molecule has 0 saturated heterocycles. The molecule has 0 fully saturated rings. The topological polar surface area (TPSA) is 105 Å². The largest absolute Gasteiger partial charge is 0.497 e. The van der Waals surface area contributed by atoms with E-state index < -0.39 is 40.2 Å². The monoisotopic (exact) mass is 585 g/mol. The van der Waals surface area contributed by atoms with Crippen molar-refractivity contribution in [3.8, 4) is 11.5 Å². The minimum atomic E-state index is -4.03. The normalized spacial score (nSPS) is 12.0. The van der Waals surface area contributed by atoms with Crippen molar-refractivity contribution < 1.29 is 31.9 Å². The van der Waals surface area contributed by atoms with Gasteiger partial charge in [0.25, 0.3) is 0 Å². The maximum atomic E-state index is 14.8. The fraction of sp³-hybridized carbons (Fsp3) is 0.333. The van der Waals surface area contributed by atoms with Gasteiger partial charge in [0.2, 0.25) is 21.8 Å². The van der Waals surface area contributed by atoms with Gasteiger partial charge in [0, 0.05) is 30.6 Å². The maximum Gasteiger partial charge on any atom is 0.244 e. The molecule has 2 amide bonds. The molecule has 0 aromatic heterocycles. The van der Waals surface area contributed by atoms with Crippen molar-refractivity contribution in [3.63, 3.8) is 0 Å². The van der Waals surface area contributed by atoms with E-state index in [1.807, 2.05) is 30.3 Å². The Labute approximate surface area is 240 Å². The first-order chi connectivity index (χ1) is 19.4. The molecule has 3 aromatic carbocycles. The zero-order valence-electron chi connectivity index (χ0n) is 23.8. The Bertz CT molecular complexity index is 1450. The Morgan fingerprint density at radius 1 is 0.951 bits per heavy atom. The SMILES string of the molecule is COc1ccc(OC)c(N(CC(=O)N(Cc2ccccc2F)[C@@H](Cc2ccccc2)C(=O)NC(C)C)S(C)(=O)=O)c1. The molecule has 0 saturated carbocycles. The van der Waals surface area contributed by atoms with Gasteiger partial charge in [0.15, 0.2) is 0 Å². The summed E-state index contributed by atoms with van der Waals surface area (Å²) in [5, 5.41) is 2.85. The number of hydrogen-bond acceptors (Lipinski definition) is 6. The van der Waals surface area contributed by atoms with Gasteiger partial charge in [-0.15, -0.1) is 0 Å². The zero-order chi connectivity index (χ0) is 30.2. The molecule has 1 atom stereocenters. The van der Waals surface area contributed by atoms with Crippen LogP contribution >= 0.6 is 0 Å². The molecule has 0 aliphatic rings. The minimum absolute atomic E-state index is 0.0831. The molecule has 220 valence electrons. The van der Waals surface area contributed by atoms with Crippen LogP contribution in [-0.2, 0) is 32.6 Å². The van der Waals surface area contributed by atoms with Gasteiger partial charge in [-0.1, -0.05) is 48.5 Å². The highest BCUT2D eigenvalue weighted by molar-refractivity contribution is 7.92. The molecule has 11 heteroatoms. The third-order valence-corrected chi connectivity index (χ3v) is 7.46. The molecule has 0 aliphatic heterocycles. The number of methoxy groups -OCH3 is 2. The second-order valence-corrected chi connectivity index (χ2v) is 11.7. The van der Waals surface area contributed by atoms with Crippen molar-refractivity contribution in [2.75, 3.05) is 31.3 Å². The second-order valence-electron chi connectivity index (χ2n) is 9.79. The second kappa shape index (κ2) is 14.0. The summed E-state index contributed by atoms with van der Waals surface area (Å²) < 4.78 is 52.4. The van der Waals surface area contributed by atoms with Crippen molar-refractivity contribution in [2.24, 2.45) is 0 Å². The van der Waals surface area contributed by atoms with Crippen LogP contribution in [0.15, 0.2) is 72.8 Å². The molecular weight excluding hydrogens is 549 g/mol. The van der Waals surface area contributed by atoms with Gasteiger partial charge in [0.05, 0.1) is 26.2 Å². The number of sulfonamides is 1. The first kappa shape index (κ1) is 31.4. The first-order valence-electron chi connectivity index (χ1n) is 13.0. The van der Waals surface area contributed by atoms with E-state index in [4.69, 9.17) is 9.47 Å². The maximum absolute atomic E-state index is 14.8. The first-order valence-corrected chi connectivity index (χ1v) is 14.9. The Balaban J connectivity index is 2.12. The Hall–Kier alpha value is -4.12. The van der Waals surface area contributed by atoms with Crippen molar-refractivity contribution in [3.05, 3.63) is 89.7 Å². The number of rotatable bonds is 13. The third-order valence-electron chi connectivity index (χ3n) is 6.33. The van der Waals surface area contributed by atoms with Crippen LogP contribution < -0.4 is 19.1 Å². The summed E-state index contributed by atoms with van der Waals surface area (Å²) in [6.07, 6.45) is 1.09. The molecule has 0 heterocycles. The molecular formula is C30H36FN3O6S. The summed E-state index contributed by atoms with van der Waals surface area (Å²) >= 11 is 0. The number of benzene rings is 3. The molecule has 41 heavy (non-hydrogen) atoms. The van der Waals surface area contributed by atoms with Gasteiger partial charge in [-0.25, -0.2) is 12.8 Å². The summed E-state index contributed by atoms with van der Waals surface area (Å²) in [5.74, 6) is -1.16. The average Bonchev–Trinajstić information content (AvgIpc) is 2.93. The van der Waals surface area contributed by atoms with Gasteiger partial charge in [-0.05, 0) is 37.6 Å². The lowest BCUT2D eigenvalue weighted by molar-refractivity contribution is -0.140. The number of amides is 2. The van der Waals surface area contributed by atoms with Crippen molar-refractivity contribution >= 4 is 27.5 Å². The number of anilines is 1. The lowest BCUT2D eigenvalue weighted by Crippen LogP contribution is -2.54. The molecule has 3 aromatic rings. The predicted molar refractivity (Wildman–Crippen MR) is 156 cm³/mol. The Morgan fingerprint density at radius 3 is 2.20 bits per heavy atom. The van der Waals surface area contributed by atoms with Gasteiger partial charge < -0.3 is 19.7 Å². The van der Waals surface area contributed by atoms with E-state index in [1.165, 1.54) is 49.5 Å². The van der Waals surface area contributed by atoms with Gasteiger partial charge in [0.1, 0.15) is 29.9 Å². The van der Waals surface area contributed by atoms with E-state index in [1.54, 1.807) is 26.0 Å². The number of nitrogens with one attached hydrogen (secondary N) is 1. The van der Waals surface area contributed by atoms with Crippen LogP contribution in [0.25, 0.3) is 0 Å². The van der Waals surface area contributed by atoms with Crippen LogP contribution in [0.4, 0.5) is 10.1 Å². The molecule has 3 rings (SSSR count). The fourth-order valence-corrected chi connectivity index (χ4v) is 5.18. The average molecular weight is 586 g/mol. The lowest BCUT2D eigenvalue weighted by atomic mass is 10.0. The van der Waals surface area contributed by atoms with Crippen molar-refractivity contribution in [1.82, 2.24) is 10.2 Å². The number of carbonyl (C=O) groups is 2. The van der Waals surface area contributed by atoms with Gasteiger partial charge in [-0.2, -0.15) is 0 Å². The van der Waals surface area contributed by atoms with E-state index >= 15 is 0 Å². The zero-order valence-corrected chi connectivity index (χ0v) is 24.7. The molecule has 0 unspecified atom stereocenters. The van der Waals surface area contributed by atoms with E-state index in [-0.39, 0.29) is 36.0 Å². The number of halogens is 1. The quantitative estimate of drug-likeness (QED) is 0.328. The molecule has 9 nitrogen and oxygen atoms in total. The standard InChI is InChI=1S/C30H36FN3O6S/c1-21(2)32-30(36)27(17-22-11-7-6-8-12-22)33(19-23-13-9-10-14-25(23)31)29(35)20-34(41(5,37)38)26-18-24(39-3)15-16-28(26)40-4/h6-16,18,21,27H,17,19-20H2,1-5H3,(H,32,36)/t27-/m0/s1.